The maximum atomic E-state index is 12.7. The molecule has 2 aromatic rings. The topological polar surface area (TPSA) is 61.9 Å². The number of hydrogen-bond donors (Lipinski definition) is 1. The minimum atomic E-state index is -0.0469. The molecule has 0 aromatic heterocycles. The van der Waals surface area contributed by atoms with Gasteiger partial charge in [-0.1, -0.05) is 30.3 Å². The summed E-state index contributed by atoms with van der Waals surface area (Å²) in [5, 5.41) is 3.20. The van der Waals surface area contributed by atoms with Crippen LogP contribution in [0.15, 0.2) is 54.6 Å². The number of carbonyl (C=O) groups excluding carboxylic acids is 2. The quantitative estimate of drug-likeness (QED) is 0.595. The fourth-order valence-electron chi connectivity index (χ4n) is 3.81. The minimum absolute atomic E-state index is 0.00879. The molecule has 2 aromatic carbocycles. The largest absolute Gasteiger partial charge is 0.497 e. The number of nitrogens with one attached hydrogen (secondary N) is 1. The second kappa shape index (κ2) is 11.6. The lowest BCUT2D eigenvalue weighted by molar-refractivity contribution is -0.122. The lowest BCUT2D eigenvalue weighted by Gasteiger charge is -2.35. The fourth-order valence-corrected chi connectivity index (χ4v) is 3.81. The smallest absolute Gasteiger partial charge is 0.220 e. The first-order chi connectivity index (χ1) is 15.0. The van der Waals surface area contributed by atoms with E-state index in [0.29, 0.717) is 24.8 Å². The Balaban J connectivity index is 1.50. The number of Topliss-reactive ketones (excluding diaryl/α,β-unsaturated/α-hetero) is 1. The Kier molecular flexibility index (Phi) is 8.62. The van der Waals surface area contributed by atoms with Crippen LogP contribution in [0.5, 0.6) is 5.75 Å². The summed E-state index contributed by atoms with van der Waals surface area (Å²) >= 11 is 0. The molecule has 0 radical (unpaired) electrons. The Labute approximate surface area is 185 Å². The van der Waals surface area contributed by atoms with Crippen molar-refractivity contribution in [1.29, 1.82) is 0 Å². The summed E-state index contributed by atoms with van der Waals surface area (Å²) in [6, 6.07) is 17.2. The molecule has 0 saturated carbocycles. The number of rotatable bonds is 10. The van der Waals surface area contributed by atoms with E-state index in [1.54, 1.807) is 31.4 Å². The second-order valence-electron chi connectivity index (χ2n) is 8.14. The number of hydrogen-bond acceptors (Lipinski definition) is 5. The monoisotopic (exact) mass is 423 g/mol. The maximum Gasteiger partial charge on any atom is 0.220 e. The molecule has 31 heavy (non-hydrogen) atoms. The molecule has 1 fully saturated rings. The van der Waals surface area contributed by atoms with E-state index in [0.717, 1.165) is 44.0 Å². The van der Waals surface area contributed by atoms with Crippen LogP contribution in [-0.2, 0) is 4.79 Å². The molecule has 1 atom stereocenters. The predicted octanol–water partition coefficient (Wildman–Crippen LogP) is 3.15. The van der Waals surface area contributed by atoms with Crippen molar-refractivity contribution in [2.24, 2.45) is 0 Å². The van der Waals surface area contributed by atoms with E-state index in [1.807, 2.05) is 18.2 Å². The van der Waals surface area contributed by atoms with Crippen LogP contribution in [0.2, 0.25) is 0 Å². The van der Waals surface area contributed by atoms with Crippen LogP contribution in [0, 0.1) is 0 Å². The molecule has 0 aliphatic carbocycles. The zero-order valence-electron chi connectivity index (χ0n) is 18.5. The standard InChI is InChI=1S/C25H33N3O3/c1-27-15-17-28(18-16-27)19-23(20-7-4-3-5-8-20)26-25(30)10-6-9-24(29)21-11-13-22(31-2)14-12-21/h3-5,7-8,11-14,23H,6,9-10,15-19H2,1-2H3,(H,26,30). The zero-order chi connectivity index (χ0) is 22.1. The molecule has 1 amide bonds. The first kappa shape index (κ1) is 23.0. The number of likely N-dealkylation sites (N-methyl/N-ethyl adjacent to an activating group) is 1. The van der Waals surface area contributed by atoms with Gasteiger partial charge in [0.2, 0.25) is 5.91 Å². The van der Waals surface area contributed by atoms with Crippen molar-refractivity contribution in [1.82, 2.24) is 15.1 Å². The second-order valence-corrected chi connectivity index (χ2v) is 8.14. The summed E-state index contributed by atoms with van der Waals surface area (Å²) in [4.78, 5) is 29.8. The average Bonchev–Trinajstić information content (AvgIpc) is 2.80. The Morgan fingerprint density at radius 3 is 2.29 bits per heavy atom. The summed E-state index contributed by atoms with van der Waals surface area (Å²) in [6.07, 6.45) is 1.23. The van der Waals surface area contributed by atoms with Gasteiger partial charge >= 0.3 is 0 Å². The molecule has 6 heteroatoms. The highest BCUT2D eigenvalue weighted by atomic mass is 16.5. The number of amides is 1. The Morgan fingerprint density at radius 2 is 1.65 bits per heavy atom. The predicted molar refractivity (Wildman–Crippen MR) is 122 cm³/mol. The third kappa shape index (κ3) is 7.19. The summed E-state index contributed by atoms with van der Waals surface area (Å²) in [7, 11) is 3.74. The van der Waals surface area contributed by atoms with Crippen molar-refractivity contribution < 1.29 is 14.3 Å². The number of piperazine rings is 1. The maximum absolute atomic E-state index is 12.7. The van der Waals surface area contributed by atoms with Crippen molar-refractivity contribution in [3.63, 3.8) is 0 Å². The van der Waals surface area contributed by atoms with Gasteiger partial charge in [-0.3, -0.25) is 14.5 Å². The van der Waals surface area contributed by atoms with Gasteiger partial charge in [0.15, 0.2) is 5.78 Å². The summed E-state index contributed by atoms with van der Waals surface area (Å²) in [5.74, 6) is 0.765. The Morgan fingerprint density at radius 1 is 0.968 bits per heavy atom. The number of carbonyl (C=O) groups is 2. The van der Waals surface area contributed by atoms with Crippen LogP contribution in [0.4, 0.5) is 0 Å². The Bertz CT molecular complexity index is 831. The van der Waals surface area contributed by atoms with E-state index in [4.69, 9.17) is 4.74 Å². The normalized spacial score (nSPS) is 15.9. The molecule has 1 saturated heterocycles. The molecule has 1 N–H and O–H groups in total. The van der Waals surface area contributed by atoms with Gasteiger partial charge in [0.1, 0.15) is 5.75 Å². The molecular weight excluding hydrogens is 390 g/mol. The number of methoxy groups -OCH3 is 1. The van der Waals surface area contributed by atoms with E-state index >= 15 is 0 Å². The highest BCUT2D eigenvalue weighted by molar-refractivity contribution is 5.96. The summed E-state index contributed by atoms with van der Waals surface area (Å²) in [6.45, 7) is 4.90. The number of nitrogens with zero attached hydrogens (tertiary/aromatic N) is 2. The van der Waals surface area contributed by atoms with E-state index < -0.39 is 0 Å². The molecule has 1 heterocycles. The van der Waals surface area contributed by atoms with Gasteiger partial charge in [-0.25, -0.2) is 0 Å². The Hall–Kier alpha value is -2.70. The highest BCUT2D eigenvalue weighted by Gasteiger charge is 2.21. The minimum Gasteiger partial charge on any atom is -0.497 e. The zero-order valence-corrected chi connectivity index (χ0v) is 18.5. The number of benzene rings is 2. The van der Waals surface area contributed by atoms with Gasteiger partial charge in [0.25, 0.3) is 0 Å². The van der Waals surface area contributed by atoms with Gasteiger partial charge in [0, 0.05) is 51.1 Å². The van der Waals surface area contributed by atoms with Crippen LogP contribution in [0.1, 0.15) is 41.2 Å². The summed E-state index contributed by atoms with van der Waals surface area (Å²) < 4.78 is 5.12. The average molecular weight is 424 g/mol. The van der Waals surface area contributed by atoms with E-state index in [9.17, 15) is 9.59 Å². The molecule has 6 nitrogen and oxygen atoms in total. The number of ether oxygens (including phenoxy) is 1. The van der Waals surface area contributed by atoms with E-state index in [2.05, 4.69) is 34.3 Å². The van der Waals surface area contributed by atoms with E-state index in [-0.39, 0.29) is 17.7 Å². The van der Waals surface area contributed by atoms with E-state index in [1.165, 1.54) is 0 Å². The van der Waals surface area contributed by atoms with Gasteiger partial charge in [-0.05, 0) is 43.3 Å². The molecule has 1 aliphatic rings. The molecule has 166 valence electrons. The summed E-state index contributed by atoms with van der Waals surface area (Å²) in [5.41, 5.74) is 1.77. The van der Waals surface area contributed by atoms with Crippen molar-refractivity contribution in [3.05, 3.63) is 65.7 Å². The molecule has 1 unspecified atom stereocenters. The molecule has 3 rings (SSSR count). The first-order valence-electron chi connectivity index (χ1n) is 11.0. The van der Waals surface area contributed by atoms with Crippen molar-refractivity contribution in [3.8, 4) is 5.75 Å². The SMILES string of the molecule is COc1ccc(C(=O)CCCC(=O)NC(CN2CCN(C)CC2)c2ccccc2)cc1. The number of ketones is 1. The van der Waals surface area contributed by atoms with Crippen molar-refractivity contribution >= 4 is 11.7 Å². The van der Waals surface area contributed by atoms with Crippen LogP contribution in [0.25, 0.3) is 0 Å². The van der Waals surface area contributed by atoms with Crippen molar-refractivity contribution in [2.45, 2.75) is 25.3 Å². The van der Waals surface area contributed by atoms with Crippen LogP contribution < -0.4 is 10.1 Å². The van der Waals surface area contributed by atoms with Crippen molar-refractivity contribution in [2.75, 3.05) is 46.9 Å². The molecule has 0 spiro atoms. The van der Waals surface area contributed by atoms with Crippen LogP contribution in [0.3, 0.4) is 0 Å². The highest BCUT2D eigenvalue weighted by Crippen LogP contribution is 2.17. The molecule has 1 aliphatic heterocycles. The third-order valence-corrected chi connectivity index (χ3v) is 5.79. The van der Waals surface area contributed by atoms with Gasteiger partial charge in [-0.2, -0.15) is 0 Å². The van der Waals surface area contributed by atoms with Gasteiger partial charge in [-0.15, -0.1) is 0 Å². The van der Waals surface area contributed by atoms with Gasteiger partial charge in [0.05, 0.1) is 13.2 Å². The fraction of sp³-hybridized carbons (Fsp3) is 0.440. The third-order valence-electron chi connectivity index (χ3n) is 5.79. The lowest BCUT2D eigenvalue weighted by atomic mass is 10.0. The van der Waals surface area contributed by atoms with Gasteiger partial charge < -0.3 is 15.0 Å². The van der Waals surface area contributed by atoms with Crippen LogP contribution >= 0.6 is 0 Å². The molecular formula is C25H33N3O3. The molecule has 0 bridgehead atoms. The first-order valence-corrected chi connectivity index (χ1v) is 11.0. The lowest BCUT2D eigenvalue weighted by Crippen LogP contribution is -2.47. The van der Waals surface area contributed by atoms with Crippen LogP contribution in [-0.4, -0.2) is 68.4 Å².